The van der Waals surface area contributed by atoms with Gasteiger partial charge in [-0.15, -0.1) is 0 Å². The van der Waals surface area contributed by atoms with E-state index in [1.807, 2.05) is 19.1 Å². The molecule has 0 aromatic heterocycles. The fourth-order valence-corrected chi connectivity index (χ4v) is 1.90. The van der Waals surface area contributed by atoms with Gasteiger partial charge >= 0.3 is 6.08 Å². The number of rotatable bonds is 6. The molecule has 0 aliphatic rings. The molecule has 0 N–H and O–H groups in total. The highest BCUT2D eigenvalue weighted by molar-refractivity contribution is 5.93. The van der Waals surface area contributed by atoms with E-state index in [0.29, 0.717) is 12.1 Å². The number of hydrogen-bond donors (Lipinski definition) is 0. The standard InChI is InChI=1S/C16H22N4O3/c1-6-15(21)20(19-17-4)14-10-8-9-12(3)13(14)11-23-16(22-5)18-7-2/h7-10H,2,6,11H2,1,3-5H3. The lowest BCUT2D eigenvalue weighted by molar-refractivity contribution is -0.118. The second-order valence-corrected chi connectivity index (χ2v) is 4.49. The summed E-state index contributed by atoms with van der Waals surface area (Å²) in [5, 5.41) is 8.93. The van der Waals surface area contributed by atoms with Gasteiger partial charge in [-0.2, -0.15) is 15.1 Å². The zero-order valence-electron chi connectivity index (χ0n) is 13.9. The van der Waals surface area contributed by atoms with Crippen LogP contribution >= 0.6 is 0 Å². The zero-order valence-corrected chi connectivity index (χ0v) is 13.9. The molecule has 0 saturated carbocycles. The maximum absolute atomic E-state index is 12.1. The Balaban J connectivity index is 3.19. The minimum atomic E-state index is -0.158. The summed E-state index contributed by atoms with van der Waals surface area (Å²) in [7, 11) is 2.97. The van der Waals surface area contributed by atoms with E-state index >= 15 is 0 Å². The van der Waals surface area contributed by atoms with E-state index in [-0.39, 0.29) is 18.6 Å². The van der Waals surface area contributed by atoms with Gasteiger partial charge in [-0.05, 0) is 18.6 Å². The van der Waals surface area contributed by atoms with Gasteiger partial charge in [0.25, 0.3) is 0 Å². The summed E-state index contributed by atoms with van der Waals surface area (Å²) in [5.74, 6) is -0.158. The second-order valence-electron chi connectivity index (χ2n) is 4.49. The molecule has 1 aromatic carbocycles. The third kappa shape index (κ3) is 4.91. The maximum Gasteiger partial charge on any atom is 0.388 e. The molecule has 7 heteroatoms. The Kier molecular flexibility index (Phi) is 7.45. The Morgan fingerprint density at radius 2 is 2.17 bits per heavy atom. The Hall–Kier alpha value is -2.70. The second kappa shape index (κ2) is 9.34. The molecule has 1 rings (SSSR count). The molecule has 0 radical (unpaired) electrons. The lowest BCUT2D eigenvalue weighted by Crippen LogP contribution is -2.25. The number of nitrogens with zero attached hydrogens (tertiary/aromatic N) is 4. The van der Waals surface area contributed by atoms with Gasteiger partial charge in [0.15, 0.2) is 0 Å². The molecule has 0 bridgehead atoms. The molecule has 23 heavy (non-hydrogen) atoms. The van der Waals surface area contributed by atoms with Crippen molar-refractivity contribution in [2.24, 2.45) is 15.3 Å². The van der Waals surface area contributed by atoms with Crippen molar-refractivity contribution in [1.29, 1.82) is 0 Å². The third-order valence-corrected chi connectivity index (χ3v) is 3.04. The van der Waals surface area contributed by atoms with Crippen LogP contribution in [0.4, 0.5) is 5.69 Å². The van der Waals surface area contributed by atoms with Crippen LogP contribution in [0.1, 0.15) is 24.5 Å². The summed E-state index contributed by atoms with van der Waals surface area (Å²) < 4.78 is 10.5. The highest BCUT2D eigenvalue weighted by atomic mass is 16.7. The molecule has 0 heterocycles. The predicted octanol–water partition coefficient (Wildman–Crippen LogP) is 3.40. The topological polar surface area (TPSA) is 75.8 Å². The van der Waals surface area contributed by atoms with Crippen molar-refractivity contribution in [3.05, 3.63) is 42.1 Å². The maximum atomic E-state index is 12.1. The lowest BCUT2D eigenvalue weighted by atomic mass is 10.1. The Morgan fingerprint density at radius 3 is 2.74 bits per heavy atom. The molecule has 0 unspecified atom stereocenters. The van der Waals surface area contributed by atoms with Crippen LogP contribution in [-0.2, 0) is 20.9 Å². The van der Waals surface area contributed by atoms with Crippen LogP contribution in [-0.4, -0.2) is 26.1 Å². The van der Waals surface area contributed by atoms with Gasteiger partial charge in [0.05, 0.1) is 19.8 Å². The molecule has 0 fully saturated rings. The first-order valence-electron chi connectivity index (χ1n) is 7.15. The number of ether oxygens (including phenoxy) is 2. The van der Waals surface area contributed by atoms with E-state index in [9.17, 15) is 4.79 Å². The molecule has 7 nitrogen and oxygen atoms in total. The molecular weight excluding hydrogens is 296 g/mol. The fraction of sp³-hybridized carbons (Fsp3) is 0.375. The van der Waals surface area contributed by atoms with Crippen LogP contribution in [0.2, 0.25) is 0 Å². The number of aryl methyl sites for hydroxylation is 1. The monoisotopic (exact) mass is 318 g/mol. The van der Waals surface area contributed by atoms with Crippen molar-refractivity contribution >= 4 is 17.7 Å². The number of carbonyl (C=O) groups excluding carboxylic acids is 1. The Morgan fingerprint density at radius 1 is 1.43 bits per heavy atom. The van der Waals surface area contributed by atoms with Gasteiger partial charge in [0.2, 0.25) is 5.91 Å². The fourth-order valence-electron chi connectivity index (χ4n) is 1.90. The SMILES string of the molecule is C=CN=C(OC)OCc1c(C)cccc1N(N=NC)C(=O)CC. The van der Waals surface area contributed by atoms with Crippen molar-refractivity contribution in [3.63, 3.8) is 0 Å². The van der Waals surface area contributed by atoms with Crippen LogP contribution in [0.5, 0.6) is 0 Å². The van der Waals surface area contributed by atoms with Gasteiger partial charge < -0.3 is 9.47 Å². The van der Waals surface area contributed by atoms with E-state index in [2.05, 4.69) is 21.9 Å². The van der Waals surface area contributed by atoms with Crippen molar-refractivity contribution in [1.82, 2.24) is 0 Å². The highest BCUT2D eigenvalue weighted by Gasteiger charge is 2.19. The van der Waals surface area contributed by atoms with Gasteiger partial charge in [-0.25, -0.2) is 0 Å². The summed E-state index contributed by atoms with van der Waals surface area (Å²) in [5.41, 5.74) is 2.38. The summed E-state index contributed by atoms with van der Waals surface area (Å²) in [6.45, 7) is 7.37. The molecule has 124 valence electrons. The van der Waals surface area contributed by atoms with Crippen molar-refractivity contribution in [3.8, 4) is 0 Å². The van der Waals surface area contributed by atoms with Crippen molar-refractivity contribution in [2.45, 2.75) is 26.9 Å². The van der Waals surface area contributed by atoms with Gasteiger partial charge in [-0.1, -0.05) is 30.9 Å². The third-order valence-electron chi connectivity index (χ3n) is 3.04. The van der Waals surface area contributed by atoms with Crippen LogP contribution in [0.3, 0.4) is 0 Å². The van der Waals surface area contributed by atoms with E-state index in [4.69, 9.17) is 9.47 Å². The van der Waals surface area contributed by atoms with Gasteiger partial charge in [-0.3, -0.25) is 4.79 Å². The van der Waals surface area contributed by atoms with Crippen molar-refractivity contribution < 1.29 is 14.3 Å². The molecule has 1 amide bonds. The van der Waals surface area contributed by atoms with Gasteiger partial charge in [0.1, 0.15) is 6.61 Å². The molecule has 0 atom stereocenters. The molecule has 1 aromatic rings. The van der Waals surface area contributed by atoms with Gasteiger partial charge in [0, 0.05) is 18.2 Å². The summed E-state index contributed by atoms with van der Waals surface area (Å²) in [6, 6.07) is 5.58. The average molecular weight is 318 g/mol. The Bertz CT molecular complexity index is 611. The summed E-state index contributed by atoms with van der Waals surface area (Å²) >= 11 is 0. The summed E-state index contributed by atoms with van der Waals surface area (Å²) in [4.78, 5) is 16.0. The number of aliphatic imine (C=N–C) groups is 1. The molecule has 0 aliphatic carbocycles. The van der Waals surface area contributed by atoms with E-state index < -0.39 is 0 Å². The smallest absolute Gasteiger partial charge is 0.388 e. The first kappa shape index (κ1) is 18.3. The lowest BCUT2D eigenvalue weighted by Gasteiger charge is -2.20. The normalized spacial score (nSPS) is 11.4. The molecule has 0 saturated heterocycles. The summed E-state index contributed by atoms with van der Waals surface area (Å²) in [6.07, 6.45) is 1.74. The van der Waals surface area contributed by atoms with E-state index in [1.165, 1.54) is 25.4 Å². The van der Waals surface area contributed by atoms with E-state index in [0.717, 1.165) is 11.1 Å². The molecular formula is C16H22N4O3. The minimum Gasteiger partial charge on any atom is -0.454 e. The molecule has 0 aliphatic heterocycles. The van der Waals surface area contributed by atoms with Crippen LogP contribution in [0.15, 0.2) is 46.3 Å². The number of amides is 1. The largest absolute Gasteiger partial charge is 0.454 e. The first-order chi connectivity index (χ1) is 11.1. The number of anilines is 1. The minimum absolute atomic E-state index is 0.0969. The van der Waals surface area contributed by atoms with Crippen molar-refractivity contribution in [2.75, 3.05) is 19.2 Å². The highest BCUT2D eigenvalue weighted by Crippen LogP contribution is 2.26. The first-order valence-corrected chi connectivity index (χ1v) is 7.15. The average Bonchev–Trinajstić information content (AvgIpc) is 2.56. The number of hydrogen-bond acceptors (Lipinski definition) is 6. The predicted molar refractivity (Wildman–Crippen MR) is 89.2 cm³/mol. The number of benzene rings is 1. The number of carbonyl (C=O) groups is 1. The van der Waals surface area contributed by atoms with Crippen LogP contribution < -0.4 is 5.01 Å². The van der Waals surface area contributed by atoms with E-state index in [1.54, 1.807) is 13.0 Å². The van der Waals surface area contributed by atoms with Crippen LogP contribution in [0, 0.1) is 6.92 Å². The zero-order chi connectivity index (χ0) is 17.2. The molecule has 0 spiro atoms. The quantitative estimate of drug-likeness (QED) is 0.349. The number of methoxy groups -OCH3 is 1. The Labute approximate surface area is 136 Å². The van der Waals surface area contributed by atoms with Crippen LogP contribution in [0.25, 0.3) is 0 Å².